The number of piperazine rings is 1. The Labute approximate surface area is 129 Å². The van der Waals surface area contributed by atoms with Gasteiger partial charge in [0.05, 0.1) is 6.42 Å². The second kappa shape index (κ2) is 7.84. The minimum Gasteiger partial charge on any atom is -0.355 e. The highest BCUT2D eigenvalue weighted by molar-refractivity contribution is 6.35. The van der Waals surface area contributed by atoms with Crippen LogP contribution in [0.25, 0.3) is 0 Å². The molecule has 0 saturated carbocycles. The lowest BCUT2D eigenvalue weighted by atomic mass is 10.1. The fourth-order valence-electron chi connectivity index (χ4n) is 2.19. The standard InChI is InChI=1S/C14H19Cl2N3O/c15-12-2-1-11(13(16)10-12)9-14(20)18-5-8-19-6-3-17-4-7-19/h1-2,10,17H,3-9H2,(H,18,20). The topological polar surface area (TPSA) is 44.4 Å². The minimum atomic E-state index is -0.00985. The zero-order valence-corrected chi connectivity index (χ0v) is 12.8. The van der Waals surface area contributed by atoms with Crippen molar-refractivity contribution in [3.63, 3.8) is 0 Å². The molecule has 0 aliphatic carbocycles. The molecule has 1 aromatic carbocycles. The Morgan fingerprint density at radius 2 is 2.05 bits per heavy atom. The van der Waals surface area contributed by atoms with Crippen LogP contribution in [0.5, 0.6) is 0 Å². The molecule has 0 radical (unpaired) electrons. The van der Waals surface area contributed by atoms with E-state index < -0.39 is 0 Å². The number of nitrogens with one attached hydrogen (secondary N) is 2. The molecule has 1 aliphatic heterocycles. The molecule has 6 heteroatoms. The SMILES string of the molecule is O=C(Cc1ccc(Cl)cc1Cl)NCCN1CCNCC1. The number of hydrogen-bond acceptors (Lipinski definition) is 3. The lowest BCUT2D eigenvalue weighted by molar-refractivity contribution is -0.120. The number of halogens is 2. The molecule has 1 saturated heterocycles. The average Bonchev–Trinajstić information content (AvgIpc) is 2.43. The van der Waals surface area contributed by atoms with Gasteiger partial charge in [-0.3, -0.25) is 9.69 Å². The fraction of sp³-hybridized carbons (Fsp3) is 0.500. The molecule has 20 heavy (non-hydrogen) atoms. The van der Waals surface area contributed by atoms with E-state index in [1.165, 1.54) is 0 Å². The van der Waals surface area contributed by atoms with Crippen LogP contribution in [0.1, 0.15) is 5.56 Å². The van der Waals surface area contributed by atoms with Gasteiger partial charge in [-0.2, -0.15) is 0 Å². The predicted molar refractivity (Wildman–Crippen MR) is 82.5 cm³/mol. The summed E-state index contributed by atoms with van der Waals surface area (Å²) in [7, 11) is 0. The van der Waals surface area contributed by atoms with Crippen molar-refractivity contribution in [1.82, 2.24) is 15.5 Å². The van der Waals surface area contributed by atoms with E-state index in [0.717, 1.165) is 38.3 Å². The van der Waals surface area contributed by atoms with Crippen molar-refractivity contribution in [2.24, 2.45) is 0 Å². The van der Waals surface area contributed by atoms with Gasteiger partial charge < -0.3 is 10.6 Å². The highest BCUT2D eigenvalue weighted by Crippen LogP contribution is 2.21. The maximum absolute atomic E-state index is 11.9. The molecule has 1 aromatic rings. The van der Waals surface area contributed by atoms with Crippen LogP contribution in [0.15, 0.2) is 18.2 Å². The Kier molecular flexibility index (Phi) is 6.10. The molecule has 2 N–H and O–H groups in total. The molecule has 0 aromatic heterocycles. The zero-order valence-electron chi connectivity index (χ0n) is 11.3. The van der Waals surface area contributed by atoms with E-state index in [1.807, 2.05) is 0 Å². The van der Waals surface area contributed by atoms with Gasteiger partial charge in [-0.15, -0.1) is 0 Å². The van der Waals surface area contributed by atoms with Crippen molar-refractivity contribution in [2.75, 3.05) is 39.3 Å². The molecule has 0 bridgehead atoms. The van der Waals surface area contributed by atoms with Crippen molar-refractivity contribution in [3.8, 4) is 0 Å². The summed E-state index contributed by atoms with van der Waals surface area (Å²) in [5.41, 5.74) is 0.802. The Balaban J connectivity index is 1.72. The first kappa shape index (κ1) is 15.6. The van der Waals surface area contributed by atoms with Crippen LogP contribution >= 0.6 is 23.2 Å². The molecule has 4 nitrogen and oxygen atoms in total. The quantitative estimate of drug-likeness (QED) is 0.866. The van der Waals surface area contributed by atoms with Gasteiger partial charge in [0.2, 0.25) is 5.91 Å². The summed E-state index contributed by atoms with van der Waals surface area (Å²) in [5.74, 6) is -0.00985. The van der Waals surface area contributed by atoms with Crippen LogP contribution in [0.4, 0.5) is 0 Å². The third kappa shape index (κ3) is 4.94. The van der Waals surface area contributed by atoms with E-state index in [2.05, 4.69) is 15.5 Å². The van der Waals surface area contributed by atoms with Gasteiger partial charge in [0, 0.05) is 49.3 Å². The third-order valence-corrected chi connectivity index (χ3v) is 3.91. The molecule has 0 atom stereocenters. The second-order valence-electron chi connectivity index (χ2n) is 4.85. The summed E-state index contributed by atoms with van der Waals surface area (Å²) >= 11 is 11.9. The molecule has 1 heterocycles. The van der Waals surface area contributed by atoms with Gasteiger partial charge >= 0.3 is 0 Å². The van der Waals surface area contributed by atoms with Crippen molar-refractivity contribution >= 4 is 29.1 Å². The van der Waals surface area contributed by atoms with Gasteiger partial charge in [-0.05, 0) is 17.7 Å². The summed E-state index contributed by atoms with van der Waals surface area (Å²) in [6, 6.07) is 5.20. The highest BCUT2D eigenvalue weighted by atomic mass is 35.5. The van der Waals surface area contributed by atoms with E-state index in [4.69, 9.17) is 23.2 Å². The molecular weight excluding hydrogens is 297 g/mol. The van der Waals surface area contributed by atoms with Crippen LogP contribution in [0.3, 0.4) is 0 Å². The number of amides is 1. The maximum atomic E-state index is 11.9. The lowest BCUT2D eigenvalue weighted by Gasteiger charge is -2.27. The molecule has 1 fully saturated rings. The van der Waals surface area contributed by atoms with Crippen molar-refractivity contribution < 1.29 is 4.79 Å². The fourth-order valence-corrected chi connectivity index (χ4v) is 2.66. The molecule has 0 unspecified atom stereocenters. The van der Waals surface area contributed by atoms with Crippen LogP contribution in [-0.2, 0) is 11.2 Å². The van der Waals surface area contributed by atoms with Crippen LogP contribution in [-0.4, -0.2) is 50.1 Å². The Morgan fingerprint density at radius 3 is 2.75 bits per heavy atom. The summed E-state index contributed by atoms with van der Waals surface area (Å²) in [4.78, 5) is 14.2. The first-order valence-corrected chi connectivity index (χ1v) is 7.54. The van der Waals surface area contributed by atoms with Gasteiger partial charge in [0.25, 0.3) is 0 Å². The monoisotopic (exact) mass is 315 g/mol. The molecule has 1 aliphatic rings. The first-order valence-electron chi connectivity index (χ1n) is 6.79. The highest BCUT2D eigenvalue weighted by Gasteiger charge is 2.10. The van der Waals surface area contributed by atoms with Crippen molar-refractivity contribution in [1.29, 1.82) is 0 Å². The summed E-state index contributed by atoms with van der Waals surface area (Å²) < 4.78 is 0. The second-order valence-corrected chi connectivity index (χ2v) is 5.70. The van der Waals surface area contributed by atoms with Crippen LogP contribution < -0.4 is 10.6 Å². The molecule has 110 valence electrons. The number of carbonyl (C=O) groups is 1. The maximum Gasteiger partial charge on any atom is 0.224 e. The van der Waals surface area contributed by atoms with Gasteiger partial charge in [-0.25, -0.2) is 0 Å². The Bertz CT molecular complexity index is 462. The Morgan fingerprint density at radius 1 is 1.30 bits per heavy atom. The number of nitrogens with zero attached hydrogens (tertiary/aromatic N) is 1. The van der Waals surface area contributed by atoms with Gasteiger partial charge in [-0.1, -0.05) is 29.3 Å². The smallest absolute Gasteiger partial charge is 0.224 e. The number of carbonyl (C=O) groups excluding carboxylic acids is 1. The summed E-state index contributed by atoms with van der Waals surface area (Å²) in [5, 5.41) is 7.35. The molecular formula is C14H19Cl2N3O. The number of benzene rings is 1. The van der Waals surface area contributed by atoms with E-state index in [-0.39, 0.29) is 12.3 Å². The minimum absolute atomic E-state index is 0.00985. The van der Waals surface area contributed by atoms with E-state index >= 15 is 0 Å². The van der Waals surface area contributed by atoms with E-state index in [9.17, 15) is 4.79 Å². The zero-order chi connectivity index (χ0) is 14.4. The predicted octanol–water partition coefficient (Wildman–Crippen LogP) is 1.56. The van der Waals surface area contributed by atoms with Crippen molar-refractivity contribution in [2.45, 2.75) is 6.42 Å². The lowest BCUT2D eigenvalue weighted by Crippen LogP contribution is -2.46. The van der Waals surface area contributed by atoms with Crippen molar-refractivity contribution in [3.05, 3.63) is 33.8 Å². The van der Waals surface area contributed by atoms with Crippen LogP contribution in [0, 0.1) is 0 Å². The van der Waals surface area contributed by atoms with E-state index in [1.54, 1.807) is 18.2 Å². The number of hydrogen-bond donors (Lipinski definition) is 2. The average molecular weight is 316 g/mol. The Hall–Kier alpha value is -0.810. The molecule has 1 amide bonds. The summed E-state index contributed by atoms with van der Waals surface area (Å²) in [6.45, 7) is 5.69. The van der Waals surface area contributed by atoms with Crippen LogP contribution in [0.2, 0.25) is 10.0 Å². The molecule has 0 spiro atoms. The van der Waals surface area contributed by atoms with Gasteiger partial charge in [0.1, 0.15) is 0 Å². The molecule has 2 rings (SSSR count). The largest absolute Gasteiger partial charge is 0.355 e. The third-order valence-electron chi connectivity index (χ3n) is 3.33. The number of rotatable bonds is 5. The normalized spacial score (nSPS) is 16.1. The first-order chi connectivity index (χ1) is 9.65. The van der Waals surface area contributed by atoms with Gasteiger partial charge in [0.15, 0.2) is 0 Å². The van der Waals surface area contributed by atoms with E-state index in [0.29, 0.717) is 16.6 Å². The summed E-state index contributed by atoms with van der Waals surface area (Å²) in [6.07, 6.45) is 0.289.